The second kappa shape index (κ2) is 8.01. The van der Waals surface area contributed by atoms with Gasteiger partial charge in [0.1, 0.15) is 5.60 Å². The maximum Gasteiger partial charge on any atom is 0.313 e. The number of amides is 2. The van der Waals surface area contributed by atoms with Gasteiger partial charge in [-0.3, -0.25) is 14.4 Å². The second-order valence-electron chi connectivity index (χ2n) is 8.92. The largest absolute Gasteiger partial charge is 0.460 e. The average molecular weight is 399 g/mol. The van der Waals surface area contributed by atoms with Crippen molar-refractivity contribution in [1.29, 1.82) is 0 Å². The van der Waals surface area contributed by atoms with E-state index in [-0.39, 0.29) is 23.7 Å². The lowest BCUT2D eigenvalue weighted by Crippen LogP contribution is -2.61. The molecule has 6 heteroatoms. The number of nitrogens with zero attached hydrogens (tertiary/aromatic N) is 2. The Labute approximate surface area is 172 Å². The highest BCUT2D eigenvalue weighted by atomic mass is 16.6. The predicted molar refractivity (Wildman–Crippen MR) is 110 cm³/mol. The summed E-state index contributed by atoms with van der Waals surface area (Å²) in [5.41, 5.74) is -0.230. The molecule has 0 atom stereocenters. The third-order valence-electron chi connectivity index (χ3n) is 5.75. The normalized spacial score (nSPS) is 19.3. The summed E-state index contributed by atoms with van der Waals surface area (Å²) in [5, 5.41) is 0. The Morgan fingerprint density at radius 2 is 1.66 bits per heavy atom. The molecule has 29 heavy (non-hydrogen) atoms. The van der Waals surface area contributed by atoms with Gasteiger partial charge in [0.2, 0.25) is 11.8 Å². The first kappa shape index (κ1) is 21.1. The zero-order chi connectivity index (χ0) is 21.2. The molecule has 2 amide bonds. The van der Waals surface area contributed by atoms with Crippen LogP contribution in [-0.2, 0) is 24.5 Å². The van der Waals surface area contributed by atoms with E-state index in [2.05, 4.69) is 6.58 Å². The van der Waals surface area contributed by atoms with Gasteiger partial charge < -0.3 is 14.5 Å². The number of hydrogen-bond donors (Lipinski definition) is 0. The number of carbonyl (C=O) groups is 3. The van der Waals surface area contributed by atoms with Crippen LogP contribution in [0.15, 0.2) is 43.0 Å². The van der Waals surface area contributed by atoms with Gasteiger partial charge in [-0.05, 0) is 45.3 Å². The Morgan fingerprint density at radius 1 is 1.07 bits per heavy atom. The average Bonchev–Trinajstić information content (AvgIpc) is 2.65. The molecule has 1 aromatic carbocycles. The molecular weight excluding hydrogens is 368 g/mol. The molecule has 2 heterocycles. The molecule has 6 nitrogen and oxygen atoms in total. The van der Waals surface area contributed by atoms with Crippen molar-refractivity contribution in [2.24, 2.45) is 5.92 Å². The van der Waals surface area contributed by atoms with Crippen molar-refractivity contribution >= 4 is 17.8 Å². The third kappa shape index (κ3) is 4.36. The predicted octanol–water partition coefficient (Wildman–Crippen LogP) is 2.53. The Hall–Kier alpha value is -2.63. The highest BCUT2D eigenvalue weighted by Gasteiger charge is 2.49. The molecule has 2 aliphatic heterocycles. The minimum absolute atomic E-state index is 0.0363. The fraction of sp³-hybridized carbons (Fsp3) is 0.522. The van der Waals surface area contributed by atoms with Crippen LogP contribution in [0.1, 0.15) is 39.2 Å². The molecule has 2 aliphatic rings. The molecule has 2 fully saturated rings. The third-order valence-corrected chi connectivity index (χ3v) is 5.75. The topological polar surface area (TPSA) is 66.9 Å². The maximum absolute atomic E-state index is 13.6. The van der Waals surface area contributed by atoms with Gasteiger partial charge in [0, 0.05) is 26.2 Å². The van der Waals surface area contributed by atoms with E-state index in [0.29, 0.717) is 39.0 Å². The van der Waals surface area contributed by atoms with Crippen molar-refractivity contribution in [3.63, 3.8) is 0 Å². The lowest BCUT2D eigenvalue weighted by molar-refractivity contribution is -0.169. The summed E-state index contributed by atoms with van der Waals surface area (Å²) in [6, 6.07) is 9.76. The molecule has 0 saturated carbocycles. The molecule has 0 bridgehead atoms. The quantitative estimate of drug-likeness (QED) is 0.577. The summed E-state index contributed by atoms with van der Waals surface area (Å²) in [5.74, 6) is -0.586. The molecule has 1 aromatic rings. The molecular formula is C23H30N2O4. The first-order valence-electron chi connectivity index (χ1n) is 10.2. The van der Waals surface area contributed by atoms with Crippen LogP contribution in [0.5, 0.6) is 0 Å². The van der Waals surface area contributed by atoms with Gasteiger partial charge in [-0.15, -0.1) is 0 Å². The van der Waals surface area contributed by atoms with E-state index in [1.165, 1.54) is 6.08 Å². The SMILES string of the molecule is C=CC(=O)N1CCC(C(=O)N2CC(C(=O)OC(C)(C)C)C2)(c2ccccc2)CC1. The van der Waals surface area contributed by atoms with Gasteiger partial charge in [-0.25, -0.2) is 0 Å². The summed E-state index contributed by atoms with van der Waals surface area (Å²) in [6.45, 7) is 10.9. The van der Waals surface area contributed by atoms with Crippen LogP contribution >= 0.6 is 0 Å². The van der Waals surface area contributed by atoms with Crippen molar-refractivity contribution in [3.05, 3.63) is 48.6 Å². The minimum Gasteiger partial charge on any atom is -0.460 e. The molecule has 2 saturated heterocycles. The number of ether oxygens (including phenoxy) is 1. The van der Waals surface area contributed by atoms with Gasteiger partial charge in [0.15, 0.2) is 0 Å². The Balaban J connectivity index is 1.74. The number of esters is 1. The van der Waals surface area contributed by atoms with Crippen LogP contribution in [0.25, 0.3) is 0 Å². The molecule has 0 N–H and O–H groups in total. The Kier molecular flexibility index (Phi) is 5.82. The van der Waals surface area contributed by atoms with Crippen LogP contribution in [-0.4, -0.2) is 59.4 Å². The standard InChI is InChI=1S/C23H30N2O4/c1-5-19(26)24-13-11-23(12-14-24,18-9-7-6-8-10-18)21(28)25-15-17(16-25)20(27)29-22(2,3)4/h5-10,17H,1,11-16H2,2-4H3. The fourth-order valence-electron chi connectivity index (χ4n) is 4.10. The highest BCUT2D eigenvalue weighted by molar-refractivity contribution is 5.92. The van der Waals surface area contributed by atoms with Gasteiger partial charge >= 0.3 is 5.97 Å². The summed E-state index contributed by atoms with van der Waals surface area (Å²) >= 11 is 0. The molecule has 0 aliphatic carbocycles. The number of benzene rings is 1. The first-order valence-corrected chi connectivity index (χ1v) is 10.2. The van der Waals surface area contributed by atoms with E-state index in [1.54, 1.807) is 9.80 Å². The van der Waals surface area contributed by atoms with E-state index in [1.807, 2.05) is 51.1 Å². The fourth-order valence-corrected chi connectivity index (χ4v) is 4.10. The molecule has 0 radical (unpaired) electrons. The minimum atomic E-state index is -0.669. The smallest absolute Gasteiger partial charge is 0.313 e. The van der Waals surface area contributed by atoms with Crippen LogP contribution in [0.3, 0.4) is 0 Å². The van der Waals surface area contributed by atoms with Crippen molar-refractivity contribution < 1.29 is 19.1 Å². The number of rotatable bonds is 4. The summed E-state index contributed by atoms with van der Waals surface area (Å²) in [6.07, 6.45) is 2.43. The first-order chi connectivity index (χ1) is 13.7. The van der Waals surface area contributed by atoms with Crippen molar-refractivity contribution in [3.8, 4) is 0 Å². The van der Waals surface area contributed by atoms with Crippen LogP contribution in [0.2, 0.25) is 0 Å². The van der Waals surface area contributed by atoms with E-state index in [4.69, 9.17) is 4.74 Å². The lowest BCUT2D eigenvalue weighted by atomic mass is 9.70. The van der Waals surface area contributed by atoms with E-state index in [0.717, 1.165) is 5.56 Å². The maximum atomic E-state index is 13.6. The molecule has 0 aromatic heterocycles. The molecule has 3 rings (SSSR count). The van der Waals surface area contributed by atoms with Gasteiger partial charge in [-0.1, -0.05) is 36.9 Å². The molecule has 0 spiro atoms. The number of likely N-dealkylation sites (tertiary alicyclic amines) is 2. The lowest BCUT2D eigenvalue weighted by Gasteiger charge is -2.47. The number of hydrogen-bond acceptors (Lipinski definition) is 4. The van der Waals surface area contributed by atoms with Crippen molar-refractivity contribution in [1.82, 2.24) is 9.80 Å². The van der Waals surface area contributed by atoms with E-state index >= 15 is 0 Å². The van der Waals surface area contributed by atoms with Gasteiger partial charge in [0.25, 0.3) is 0 Å². The van der Waals surface area contributed by atoms with Crippen molar-refractivity contribution in [2.45, 2.75) is 44.6 Å². The van der Waals surface area contributed by atoms with Crippen LogP contribution in [0.4, 0.5) is 0 Å². The highest BCUT2D eigenvalue weighted by Crippen LogP contribution is 2.39. The van der Waals surface area contributed by atoms with E-state index in [9.17, 15) is 14.4 Å². The van der Waals surface area contributed by atoms with Gasteiger partial charge in [-0.2, -0.15) is 0 Å². The zero-order valence-electron chi connectivity index (χ0n) is 17.5. The molecule has 0 unspecified atom stereocenters. The van der Waals surface area contributed by atoms with Crippen LogP contribution < -0.4 is 0 Å². The molecule has 156 valence electrons. The number of carbonyl (C=O) groups excluding carboxylic acids is 3. The Morgan fingerprint density at radius 3 is 2.17 bits per heavy atom. The van der Waals surface area contributed by atoms with E-state index < -0.39 is 11.0 Å². The van der Waals surface area contributed by atoms with Gasteiger partial charge in [0.05, 0.1) is 11.3 Å². The Bertz CT molecular complexity index is 783. The summed E-state index contributed by atoms with van der Waals surface area (Å²) in [4.78, 5) is 41.3. The monoisotopic (exact) mass is 398 g/mol. The zero-order valence-corrected chi connectivity index (χ0v) is 17.5. The van der Waals surface area contributed by atoms with Crippen LogP contribution in [0, 0.1) is 5.92 Å². The summed E-state index contributed by atoms with van der Waals surface area (Å²) in [7, 11) is 0. The summed E-state index contributed by atoms with van der Waals surface area (Å²) < 4.78 is 5.45. The second-order valence-corrected chi connectivity index (χ2v) is 8.92. The number of piperidine rings is 1. The van der Waals surface area contributed by atoms with Crippen molar-refractivity contribution in [2.75, 3.05) is 26.2 Å².